The topological polar surface area (TPSA) is 175 Å². The van der Waals surface area contributed by atoms with Crippen LogP contribution in [0, 0.1) is 0 Å². The van der Waals surface area contributed by atoms with Gasteiger partial charge < -0.3 is 45.1 Å². The Morgan fingerprint density at radius 3 is 1.26 bits per heavy atom. The lowest BCUT2D eigenvalue weighted by molar-refractivity contribution is -0.305. The number of ether oxygens (including phenoxy) is 3. The normalized spacial score (nSPS) is 19.0. The lowest BCUT2D eigenvalue weighted by atomic mass is 9.99. The molecular formula is C76H129NO10. The number of hydrogen-bond donors (Lipinski definition) is 6. The molecule has 0 aromatic carbocycles. The van der Waals surface area contributed by atoms with Gasteiger partial charge in [0.05, 0.1) is 25.4 Å². The molecule has 11 heteroatoms. The second-order valence-corrected chi connectivity index (χ2v) is 23.9. The zero-order valence-electron chi connectivity index (χ0n) is 55.3. The van der Waals surface area contributed by atoms with Crippen molar-refractivity contribution in [1.82, 2.24) is 5.32 Å². The molecular weight excluding hydrogens is 1090 g/mol. The monoisotopic (exact) mass is 1220 g/mol. The summed E-state index contributed by atoms with van der Waals surface area (Å²) in [6, 6.07) is -1.05. The number of rotatable bonds is 59. The third-order valence-electron chi connectivity index (χ3n) is 15.8. The van der Waals surface area contributed by atoms with Crippen molar-refractivity contribution in [3.05, 3.63) is 122 Å². The number of aliphatic hydroxyl groups is 5. The van der Waals surface area contributed by atoms with Crippen molar-refractivity contribution in [3.8, 4) is 0 Å². The minimum absolute atomic E-state index is 0.112. The van der Waals surface area contributed by atoms with Crippen LogP contribution >= 0.6 is 0 Å². The maximum atomic E-state index is 13.5. The fourth-order valence-electron chi connectivity index (χ4n) is 10.3. The molecule has 8 atom stereocenters. The average molecular weight is 1220 g/mol. The predicted molar refractivity (Wildman–Crippen MR) is 365 cm³/mol. The van der Waals surface area contributed by atoms with Crippen LogP contribution in [-0.2, 0) is 23.8 Å². The number of esters is 1. The van der Waals surface area contributed by atoms with Gasteiger partial charge in [0.15, 0.2) is 12.4 Å². The number of carbonyl (C=O) groups is 2. The van der Waals surface area contributed by atoms with Crippen LogP contribution in [0.5, 0.6) is 0 Å². The smallest absolute Gasteiger partial charge is 0.306 e. The first-order valence-corrected chi connectivity index (χ1v) is 35.3. The number of allylic oxidation sites excluding steroid dienone is 19. The molecule has 0 saturated carbocycles. The molecule has 11 nitrogen and oxygen atoms in total. The number of nitrogens with one attached hydrogen (secondary N) is 1. The summed E-state index contributed by atoms with van der Waals surface area (Å²) in [6.45, 7) is 5.64. The average Bonchev–Trinajstić information content (AvgIpc) is 1.30. The molecule has 1 heterocycles. The number of hydrogen-bond acceptors (Lipinski definition) is 10. The lowest BCUT2D eigenvalue weighted by Gasteiger charge is -2.41. The Bertz CT molecular complexity index is 1880. The SMILES string of the molecule is CC/C=C\C/C=C\C/C=C\C/C=C\C/C=C\C/C=C\CCCCCC(O)C(=O)NC(COC1OC(CO)C(O)C(O)C1OC(=O)CCCCCCCCCCCCCC/C=C\C/C=C\C/C=C\CCCCC)C(O)/C=C/CCCCCCCCCCC. The minimum atomic E-state index is -1.63. The molecule has 0 aliphatic carbocycles. The number of unbranched alkanes of at least 4 members (excludes halogenated alkanes) is 27. The van der Waals surface area contributed by atoms with Crippen LogP contribution in [0.25, 0.3) is 0 Å². The molecule has 0 aromatic heterocycles. The largest absolute Gasteiger partial charge is 0.454 e. The van der Waals surface area contributed by atoms with Crippen molar-refractivity contribution in [2.75, 3.05) is 13.2 Å². The zero-order valence-corrected chi connectivity index (χ0v) is 55.3. The molecule has 1 amide bonds. The molecule has 0 bridgehead atoms. The van der Waals surface area contributed by atoms with E-state index < -0.39 is 67.4 Å². The standard InChI is InChI=1S/C76H129NO10/c1-4-7-10-13-16-19-22-24-26-28-30-32-34-35-36-38-40-42-44-46-49-52-55-58-61-64-71(81)87-74-73(83)72(82)70(65-78)86-76(74)85-66-67(68(79)62-59-56-53-50-47-21-18-15-12-9-6-3)77-75(84)69(80)63-60-57-54-51-48-45-43-41-39-37-33-31-29-27-25-23-20-17-14-11-8-5-2/h8,11,16-17,19-20,24-27,30-33,39,41,45,48,59,62,67-70,72-74,76,78-80,82-83H,4-7,9-10,12-15,18,21-23,28-29,34-38,40,42-44,46-47,49-58,60-61,63-66H2,1-3H3,(H,77,84)/b11-8-,19-16-,20-17-,26-24-,27-25-,32-30-,33-31-,41-39-,48-45-,62-59+. The Morgan fingerprint density at radius 1 is 0.460 bits per heavy atom. The van der Waals surface area contributed by atoms with Gasteiger partial charge in [-0.05, 0) is 116 Å². The van der Waals surface area contributed by atoms with Gasteiger partial charge in [0, 0.05) is 6.42 Å². The number of carbonyl (C=O) groups excluding carboxylic acids is 2. The Hall–Kier alpha value is -3.94. The fraction of sp³-hybridized carbons (Fsp3) is 0.711. The summed E-state index contributed by atoms with van der Waals surface area (Å²) in [5.41, 5.74) is 0. The van der Waals surface area contributed by atoms with Gasteiger partial charge in [-0.1, -0.05) is 284 Å². The highest BCUT2D eigenvalue weighted by atomic mass is 16.7. The van der Waals surface area contributed by atoms with E-state index in [0.717, 1.165) is 122 Å². The third-order valence-corrected chi connectivity index (χ3v) is 15.8. The van der Waals surface area contributed by atoms with Crippen LogP contribution in [0.2, 0.25) is 0 Å². The summed E-state index contributed by atoms with van der Waals surface area (Å²) >= 11 is 0. The van der Waals surface area contributed by atoms with Crippen LogP contribution in [0.1, 0.15) is 284 Å². The first kappa shape index (κ1) is 81.1. The summed E-state index contributed by atoms with van der Waals surface area (Å²) in [6.07, 6.45) is 76.6. The van der Waals surface area contributed by atoms with Crippen LogP contribution in [0.4, 0.5) is 0 Å². The van der Waals surface area contributed by atoms with Gasteiger partial charge in [-0.2, -0.15) is 0 Å². The van der Waals surface area contributed by atoms with Gasteiger partial charge in [0.25, 0.3) is 0 Å². The van der Waals surface area contributed by atoms with E-state index in [4.69, 9.17) is 14.2 Å². The molecule has 1 aliphatic rings. The van der Waals surface area contributed by atoms with Crippen molar-refractivity contribution in [3.63, 3.8) is 0 Å². The first-order valence-electron chi connectivity index (χ1n) is 35.3. The molecule has 0 radical (unpaired) electrons. The third kappa shape index (κ3) is 49.5. The Kier molecular flexibility index (Phi) is 58.0. The zero-order chi connectivity index (χ0) is 63.1. The summed E-state index contributed by atoms with van der Waals surface area (Å²) in [4.78, 5) is 26.7. The van der Waals surface area contributed by atoms with E-state index in [0.29, 0.717) is 12.8 Å². The maximum Gasteiger partial charge on any atom is 0.306 e. The Labute approximate surface area is 531 Å². The van der Waals surface area contributed by atoms with Crippen LogP contribution in [0.15, 0.2) is 122 Å². The lowest BCUT2D eigenvalue weighted by Crippen LogP contribution is -2.61. The number of amides is 1. The van der Waals surface area contributed by atoms with E-state index in [-0.39, 0.29) is 19.4 Å². The van der Waals surface area contributed by atoms with Crippen molar-refractivity contribution in [2.45, 2.75) is 333 Å². The van der Waals surface area contributed by atoms with Crippen LogP contribution < -0.4 is 5.32 Å². The van der Waals surface area contributed by atoms with E-state index >= 15 is 0 Å². The quantitative estimate of drug-likeness (QED) is 0.0195. The van der Waals surface area contributed by atoms with Crippen molar-refractivity contribution < 1.29 is 49.3 Å². The van der Waals surface area contributed by atoms with Crippen LogP contribution in [0.3, 0.4) is 0 Å². The summed E-state index contributed by atoms with van der Waals surface area (Å²) in [7, 11) is 0. The molecule has 1 saturated heterocycles. The highest BCUT2D eigenvalue weighted by molar-refractivity contribution is 5.80. The van der Waals surface area contributed by atoms with Crippen molar-refractivity contribution in [2.24, 2.45) is 0 Å². The van der Waals surface area contributed by atoms with Gasteiger partial charge in [0.2, 0.25) is 5.91 Å². The van der Waals surface area contributed by atoms with Gasteiger partial charge in [-0.3, -0.25) is 9.59 Å². The van der Waals surface area contributed by atoms with E-state index in [1.54, 1.807) is 6.08 Å². The summed E-state index contributed by atoms with van der Waals surface area (Å²) < 4.78 is 17.7. The van der Waals surface area contributed by atoms with Crippen molar-refractivity contribution in [1.29, 1.82) is 0 Å². The highest BCUT2D eigenvalue weighted by Gasteiger charge is 2.47. The van der Waals surface area contributed by atoms with E-state index in [1.807, 2.05) is 6.08 Å². The Morgan fingerprint density at radius 2 is 0.828 bits per heavy atom. The molecule has 498 valence electrons. The molecule has 6 N–H and O–H groups in total. The predicted octanol–water partition coefficient (Wildman–Crippen LogP) is 18.2. The van der Waals surface area contributed by atoms with Crippen molar-refractivity contribution >= 4 is 11.9 Å². The Balaban J connectivity index is 2.59. The molecule has 1 fully saturated rings. The van der Waals surface area contributed by atoms with Crippen LogP contribution in [-0.4, -0.2) is 99.6 Å². The number of aliphatic hydroxyl groups excluding tert-OH is 5. The highest BCUT2D eigenvalue weighted by Crippen LogP contribution is 2.26. The molecule has 1 aliphatic heterocycles. The molecule has 8 unspecified atom stereocenters. The van der Waals surface area contributed by atoms with Gasteiger partial charge in [0.1, 0.15) is 24.4 Å². The van der Waals surface area contributed by atoms with Gasteiger partial charge in [-0.25, -0.2) is 0 Å². The molecule has 0 spiro atoms. The van der Waals surface area contributed by atoms with Gasteiger partial charge >= 0.3 is 5.97 Å². The summed E-state index contributed by atoms with van der Waals surface area (Å²) in [5, 5.41) is 57.2. The van der Waals surface area contributed by atoms with E-state index in [1.165, 1.54) is 116 Å². The summed E-state index contributed by atoms with van der Waals surface area (Å²) in [5.74, 6) is -1.23. The minimum Gasteiger partial charge on any atom is -0.454 e. The molecule has 1 rings (SSSR count). The molecule has 87 heavy (non-hydrogen) atoms. The van der Waals surface area contributed by atoms with E-state index in [9.17, 15) is 35.1 Å². The second kappa shape index (κ2) is 62.3. The second-order valence-electron chi connectivity index (χ2n) is 23.9. The molecule has 0 aromatic rings. The fourth-order valence-corrected chi connectivity index (χ4v) is 10.3. The first-order chi connectivity index (χ1) is 42.7. The van der Waals surface area contributed by atoms with Gasteiger partial charge in [-0.15, -0.1) is 0 Å². The van der Waals surface area contributed by atoms with E-state index in [2.05, 4.69) is 135 Å². The maximum absolute atomic E-state index is 13.5.